The summed E-state index contributed by atoms with van der Waals surface area (Å²) in [5, 5.41) is 17.9. The van der Waals surface area contributed by atoms with E-state index < -0.39 is 54.0 Å². The first kappa shape index (κ1) is 35.3. The highest BCUT2D eigenvalue weighted by atomic mass is 16.6. The second kappa shape index (κ2) is 16.2. The lowest BCUT2D eigenvalue weighted by molar-refractivity contribution is -0.150. The number of benzene rings is 1. The van der Waals surface area contributed by atoms with Crippen LogP contribution in [-0.4, -0.2) is 95.0 Å². The molecule has 0 aromatic heterocycles. The molecule has 13 heteroatoms. The second-order valence-corrected chi connectivity index (χ2v) is 12.4. The van der Waals surface area contributed by atoms with E-state index in [1.807, 2.05) is 24.3 Å². The van der Waals surface area contributed by atoms with Crippen molar-refractivity contribution in [2.75, 3.05) is 20.1 Å². The number of carboxylic acid groups (broad SMARTS) is 1. The maximum Gasteiger partial charge on any atom is 0.410 e. The first-order valence-electron chi connectivity index (χ1n) is 15.7. The van der Waals surface area contributed by atoms with Gasteiger partial charge in [-0.1, -0.05) is 52.0 Å². The number of carbonyl (C=O) groups excluding carboxylic acids is 5. The average molecular weight is 630 g/mol. The van der Waals surface area contributed by atoms with Crippen LogP contribution in [0.5, 0.6) is 0 Å². The number of hydrogen-bond donors (Lipinski definition) is 4. The summed E-state index contributed by atoms with van der Waals surface area (Å²) in [5.74, 6) is -3.55. The number of carbonyl (C=O) groups is 6. The van der Waals surface area contributed by atoms with Gasteiger partial charge in [0.25, 0.3) is 0 Å². The minimum atomic E-state index is -1.23. The predicted molar refractivity (Wildman–Crippen MR) is 165 cm³/mol. The summed E-state index contributed by atoms with van der Waals surface area (Å²) in [5.41, 5.74) is 2.20. The third-order valence-electron chi connectivity index (χ3n) is 8.32. The zero-order valence-corrected chi connectivity index (χ0v) is 26.8. The number of amides is 5. The van der Waals surface area contributed by atoms with Crippen LogP contribution in [0.1, 0.15) is 70.9 Å². The predicted octanol–water partition coefficient (Wildman–Crippen LogP) is 1.82. The average Bonchev–Trinajstić information content (AvgIpc) is 3.43. The number of rotatable bonds is 13. The molecule has 1 aromatic carbocycles. The van der Waals surface area contributed by atoms with E-state index in [9.17, 15) is 33.9 Å². The summed E-state index contributed by atoms with van der Waals surface area (Å²) in [6.45, 7) is 7.74. The van der Waals surface area contributed by atoms with Crippen LogP contribution in [0.25, 0.3) is 0 Å². The fourth-order valence-electron chi connectivity index (χ4n) is 5.64. The van der Waals surface area contributed by atoms with Crippen molar-refractivity contribution in [2.24, 2.45) is 11.8 Å². The lowest BCUT2D eigenvalue weighted by Crippen LogP contribution is -2.58. The number of hydrogen-bond acceptors (Lipinski definition) is 7. The Morgan fingerprint density at radius 2 is 1.53 bits per heavy atom. The fourth-order valence-corrected chi connectivity index (χ4v) is 5.64. The zero-order valence-electron chi connectivity index (χ0n) is 26.8. The van der Waals surface area contributed by atoms with Crippen LogP contribution in [0.15, 0.2) is 24.3 Å². The Balaban J connectivity index is 1.62. The van der Waals surface area contributed by atoms with Crippen molar-refractivity contribution in [1.82, 2.24) is 25.8 Å². The third kappa shape index (κ3) is 9.66. The highest BCUT2D eigenvalue weighted by Crippen LogP contribution is 2.25. The lowest BCUT2D eigenvalue weighted by atomic mass is 9.98. The van der Waals surface area contributed by atoms with Crippen molar-refractivity contribution >= 4 is 35.7 Å². The van der Waals surface area contributed by atoms with Gasteiger partial charge in [-0.25, -0.2) is 9.59 Å². The van der Waals surface area contributed by atoms with Gasteiger partial charge >= 0.3 is 12.1 Å². The molecule has 4 N–H and O–H groups in total. The summed E-state index contributed by atoms with van der Waals surface area (Å²) in [6.07, 6.45) is 0.665. The Kier molecular flexibility index (Phi) is 12.7. The molecular weight excluding hydrogens is 582 g/mol. The van der Waals surface area contributed by atoms with Crippen molar-refractivity contribution in [1.29, 1.82) is 0 Å². The van der Waals surface area contributed by atoms with Crippen molar-refractivity contribution in [3.8, 4) is 0 Å². The standard InChI is InChI=1S/C32H47N5O8/c1-19(2)27(34-26(39)13-9-8-12-25(38)33-5)29(40)35-28(20(3)4)30(41)37-18-23(16-24(37)31(42)43)45-32(44)36-15-14-21-10-6-7-11-22(21)17-36/h6-7,10-11,19-20,23-24,27-28H,8-9,12-18H2,1-5H3,(H,33,38)(H,34,39)(H,35,40)(H,42,43)/t23-,24+,27+,28+/m1/s1. The number of likely N-dealkylation sites (tertiary alicyclic amines) is 1. The SMILES string of the molecule is CNC(=O)CCCCC(=O)N[C@H](C(=O)N[C@H](C(=O)N1C[C@H](OC(=O)N2CCc3ccccc3C2)C[C@H]1C(=O)O)C(C)C)C(C)C. The molecule has 1 aromatic rings. The van der Waals surface area contributed by atoms with Crippen LogP contribution in [-0.2, 0) is 41.7 Å². The quantitative estimate of drug-likeness (QED) is 0.239. The first-order chi connectivity index (χ1) is 21.3. The molecule has 0 saturated carbocycles. The van der Waals surface area contributed by atoms with Gasteiger partial charge in [0.1, 0.15) is 24.2 Å². The molecule has 4 atom stereocenters. The minimum absolute atomic E-state index is 0.0689. The molecular formula is C32H47N5O8. The third-order valence-corrected chi connectivity index (χ3v) is 8.32. The highest BCUT2D eigenvalue weighted by molar-refractivity contribution is 5.94. The number of nitrogens with one attached hydrogen (secondary N) is 3. The normalized spacial score (nSPS) is 19.0. The first-order valence-corrected chi connectivity index (χ1v) is 15.7. The van der Waals surface area contributed by atoms with Crippen LogP contribution < -0.4 is 16.0 Å². The van der Waals surface area contributed by atoms with E-state index in [1.54, 1.807) is 39.6 Å². The van der Waals surface area contributed by atoms with Gasteiger partial charge < -0.3 is 35.6 Å². The highest BCUT2D eigenvalue weighted by Gasteiger charge is 2.45. The second-order valence-electron chi connectivity index (χ2n) is 12.4. The van der Waals surface area contributed by atoms with E-state index in [4.69, 9.17) is 4.74 Å². The molecule has 0 bridgehead atoms. The van der Waals surface area contributed by atoms with Gasteiger partial charge in [0.05, 0.1) is 6.54 Å². The summed E-state index contributed by atoms with van der Waals surface area (Å²) >= 11 is 0. The monoisotopic (exact) mass is 629 g/mol. The van der Waals surface area contributed by atoms with Crippen LogP contribution in [0, 0.1) is 11.8 Å². The molecule has 5 amide bonds. The van der Waals surface area contributed by atoms with E-state index in [-0.39, 0.29) is 37.1 Å². The van der Waals surface area contributed by atoms with Gasteiger partial charge in [-0.15, -0.1) is 0 Å². The molecule has 2 aliphatic rings. The van der Waals surface area contributed by atoms with E-state index in [1.165, 1.54) is 5.56 Å². The van der Waals surface area contributed by atoms with E-state index in [0.717, 1.165) is 10.5 Å². The van der Waals surface area contributed by atoms with Crippen molar-refractivity contribution in [3.63, 3.8) is 0 Å². The molecule has 45 heavy (non-hydrogen) atoms. The smallest absolute Gasteiger partial charge is 0.410 e. The number of fused-ring (bicyclic) bond motifs is 1. The molecule has 0 spiro atoms. The Hall–Kier alpha value is -4.16. The zero-order chi connectivity index (χ0) is 33.3. The molecule has 2 aliphatic heterocycles. The van der Waals surface area contributed by atoms with Crippen LogP contribution >= 0.6 is 0 Å². The molecule has 1 saturated heterocycles. The van der Waals surface area contributed by atoms with E-state index >= 15 is 0 Å². The molecule has 1 fully saturated rings. The van der Waals surface area contributed by atoms with Crippen molar-refractivity contribution in [3.05, 3.63) is 35.4 Å². The van der Waals surface area contributed by atoms with Gasteiger partial charge in [0.2, 0.25) is 23.6 Å². The Labute approximate surface area is 264 Å². The molecule has 3 rings (SSSR count). The molecule has 2 heterocycles. The topological polar surface area (TPSA) is 174 Å². The number of ether oxygens (including phenoxy) is 1. The van der Waals surface area contributed by atoms with Gasteiger partial charge in [-0.05, 0) is 42.2 Å². The molecule has 248 valence electrons. The van der Waals surface area contributed by atoms with Gasteiger partial charge in [-0.3, -0.25) is 19.2 Å². The summed E-state index contributed by atoms with van der Waals surface area (Å²) in [6, 6.07) is 4.61. The molecule has 0 radical (unpaired) electrons. The van der Waals surface area contributed by atoms with Crippen LogP contribution in [0.3, 0.4) is 0 Å². The van der Waals surface area contributed by atoms with Crippen molar-refractivity contribution in [2.45, 2.75) is 97.0 Å². The Morgan fingerprint density at radius 1 is 0.911 bits per heavy atom. The van der Waals surface area contributed by atoms with Crippen LogP contribution in [0.4, 0.5) is 4.79 Å². The van der Waals surface area contributed by atoms with Gasteiger partial charge in [-0.2, -0.15) is 0 Å². The fraction of sp³-hybridized carbons (Fsp3) is 0.625. The van der Waals surface area contributed by atoms with Crippen molar-refractivity contribution < 1.29 is 38.6 Å². The molecule has 0 aliphatic carbocycles. The number of unbranched alkanes of at least 4 members (excludes halogenated alkanes) is 1. The Morgan fingerprint density at radius 3 is 2.13 bits per heavy atom. The minimum Gasteiger partial charge on any atom is -0.480 e. The summed E-state index contributed by atoms with van der Waals surface area (Å²) in [7, 11) is 1.55. The largest absolute Gasteiger partial charge is 0.480 e. The summed E-state index contributed by atoms with van der Waals surface area (Å²) < 4.78 is 5.69. The summed E-state index contributed by atoms with van der Waals surface area (Å²) in [4.78, 5) is 79.0. The lowest BCUT2D eigenvalue weighted by Gasteiger charge is -2.31. The number of carboxylic acids is 1. The number of nitrogens with zero attached hydrogens (tertiary/aromatic N) is 2. The maximum absolute atomic E-state index is 13.8. The van der Waals surface area contributed by atoms with Gasteiger partial charge in [0, 0.05) is 39.4 Å². The van der Waals surface area contributed by atoms with E-state index in [0.29, 0.717) is 38.8 Å². The van der Waals surface area contributed by atoms with Crippen LogP contribution in [0.2, 0.25) is 0 Å². The van der Waals surface area contributed by atoms with E-state index in [2.05, 4.69) is 16.0 Å². The Bertz CT molecular complexity index is 1250. The maximum atomic E-state index is 13.8. The molecule has 0 unspecified atom stereocenters. The molecule has 13 nitrogen and oxygen atoms in total. The van der Waals surface area contributed by atoms with Gasteiger partial charge in [0.15, 0.2) is 0 Å². The number of aliphatic carboxylic acids is 1.